The second-order valence-corrected chi connectivity index (χ2v) is 4.27. The summed E-state index contributed by atoms with van der Waals surface area (Å²) in [7, 11) is 0. The molecule has 7 nitrogen and oxygen atoms in total. The second kappa shape index (κ2) is 7.90. The number of nitrogens with one attached hydrogen (secondary N) is 2. The quantitative estimate of drug-likeness (QED) is 0.468. The molecular weight excluding hydrogens is 262 g/mol. The molecular formula is C13H18N3O4+. The fourth-order valence-corrected chi connectivity index (χ4v) is 1.54. The Morgan fingerprint density at radius 3 is 2.35 bits per heavy atom. The van der Waals surface area contributed by atoms with Crippen LogP contribution >= 0.6 is 0 Å². The van der Waals surface area contributed by atoms with Crippen molar-refractivity contribution in [2.75, 3.05) is 13.1 Å². The first-order chi connectivity index (χ1) is 9.49. The van der Waals surface area contributed by atoms with Crippen LogP contribution in [0.2, 0.25) is 0 Å². The highest BCUT2D eigenvalue weighted by molar-refractivity contribution is 5.88. The van der Waals surface area contributed by atoms with Gasteiger partial charge in [0.05, 0.1) is 6.54 Å². The number of aliphatic carboxylic acids is 1. The predicted molar refractivity (Wildman–Crippen MR) is 70.5 cm³/mol. The number of benzene rings is 1. The van der Waals surface area contributed by atoms with Gasteiger partial charge in [-0.1, -0.05) is 30.3 Å². The van der Waals surface area contributed by atoms with Crippen molar-refractivity contribution in [1.29, 1.82) is 0 Å². The van der Waals surface area contributed by atoms with Gasteiger partial charge < -0.3 is 21.5 Å². The van der Waals surface area contributed by atoms with Crippen LogP contribution in [0.4, 0.5) is 0 Å². The zero-order valence-electron chi connectivity index (χ0n) is 11.0. The normalized spacial score (nSPS) is 11.4. The van der Waals surface area contributed by atoms with Crippen LogP contribution in [-0.4, -0.2) is 42.0 Å². The molecule has 0 saturated heterocycles. The maximum atomic E-state index is 11.7. The van der Waals surface area contributed by atoms with E-state index in [1.54, 1.807) is 0 Å². The molecule has 6 N–H and O–H groups in total. The largest absolute Gasteiger partial charge is 0.480 e. The lowest BCUT2D eigenvalue weighted by molar-refractivity contribution is -0.403. The van der Waals surface area contributed by atoms with Gasteiger partial charge in [-0.05, 0) is 5.56 Å². The maximum absolute atomic E-state index is 11.7. The van der Waals surface area contributed by atoms with E-state index >= 15 is 0 Å². The summed E-state index contributed by atoms with van der Waals surface area (Å²) in [6.07, 6.45) is 0.476. The standard InChI is InChI=1S/C13H17N3O4/c14-10(6-9-4-2-1-3-5-9)13(20)16-7-11(17)15-8-12(18)19/h1-5,10H,6-8,14H2,(H,15,17)(H,16,20)(H,18,19)/p+1. The molecule has 0 bridgehead atoms. The number of hydrogen-bond acceptors (Lipinski definition) is 3. The highest BCUT2D eigenvalue weighted by atomic mass is 16.4. The lowest BCUT2D eigenvalue weighted by Gasteiger charge is -2.09. The molecule has 1 rings (SSSR count). The van der Waals surface area contributed by atoms with Crippen molar-refractivity contribution in [3.8, 4) is 0 Å². The molecule has 1 atom stereocenters. The molecule has 0 aromatic heterocycles. The fraction of sp³-hybridized carbons (Fsp3) is 0.308. The fourth-order valence-electron chi connectivity index (χ4n) is 1.54. The topological polar surface area (TPSA) is 123 Å². The van der Waals surface area contributed by atoms with E-state index in [4.69, 9.17) is 5.11 Å². The van der Waals surface area contributed by atoms with Gasteiger partial charge in [-0.25, -0.2) is 0 Å². The van der Waals surface area contributed by atoms with Gasteiger partial charge in [0.2, 0.25) is 5.91 Å². The molecule has 0 heterocycles. The molecule has 1 unspecified atom stereocenters. The van der Waals surface area contributed by atoms with Crippen LogP contribution in [0.3, 0.4) is 0 Å². The Bertz CT molecular complexity index is 476. The molecule has 1 aromatic carbocycles. The van der Waals surface area contributed by atoms with Crippen LogP contribution in [0.25, 0.3) is 0 Å². The van der Waals surface area contributed by atoms with E-state index in [0.717, 1.165) is 5.56 Å². The monoisotopic (exact) mass is 280 g/mol. The Labute approximate surface area is 116 Å². The first kappa shape index (κ1) is 15.6. The number of hydrogen-bond donors (Lipinski definition) is 4. The molecule has 0 aliphatic carbocycles. The van der Waals surface area contributed by atoms with Crippen molar-refractivity contribution >= 4 is 17.8 Å². The van der Waals surface area contributed by atoms with Crippen LogP contribution in [0.1, 0.15) is 5.56 Å². The predicted octanol–water partition coefficient (Wildman–Crippen LogP) is -1.84. The number of amides is 2. The summed E-state index contributed by atoms with van der Waals surface area (Å²) in [6, 6.07) is 8.91. The van der Waals surface area contributed by atoms with E-state index in [1.165, 1.54) is 0 Å². The first-order valence-electron chi connectivity index (χ1n) is 6.12. The number of carbonyl (C=O) groups is 3. The summed E-state index contributed by atoms with van der Waals surface area (Å²) in [5.74, 6) is -2.03. The van der Waals surface area contributed by atoms with E-state index in [-0.39, 0.29) is 12.5 Å². The minimum Gasteiger partial charge on any atom is -0.480 e. The van der Waals surface area contributed by atoms with Crippen LogP contribution in [-0.2, 0) is 20.8 Å². The Morgan fingerprint density at radius 2 is 1.75 bits per heavy atom. The Balaban J connectivity index is 2.31. The van der Waals surface area contributed by atoms with E-state index in [0.29, 0.717) is 6.42 Å². The zero-order chi connectivity index (χ0) is 15.0. The van der Waals surface area contributed by atoms with Gasteiger partial charge >= 0.3 is 5.97 Å². The Kier molecular flexibility index (Phi) is 6.18. The molecule has 0 spiro atoms. The highest BCUT2D eigenvalue weighted by Gasteiger charge is 2.18. The van der Waals surface area contributed by atoms with Crippen molar-refractivity contribution in [3.63, 3.8) is 0 Å². The van der Waals surface area contributed by atoms with Gasteiger partial charge in [0.15, 0.2) is 6.04 Å². The van der Waals surface area contributed by atoms with Crippen LogP contribution in [0.15, 0.2) is 30.3 Å². The van der Waals surface area contributed by atoms with Crippen molar-refractivity contribution < 1.29 is 25.2 Å². The van der Waals surface area contributed by atoms with Crippen LogP contribution in [0.5, 0.6) is 0 Å². The summed E-state index contributed by atoms with van der Waals surface area (Å²) in [6.45, 7) is -0.723. The van der Waals surface area contributed by atoms with Crippen LogP contribution in [0, 0.1) is 0 Å². The summed E-state index contributed by atoms with van der Waals surface area (Å²) in [5, 5.41) is 13.0. The first-order valence-corrected chi connectivity index (χ1v) is 6.12. The van der Waals surface area contributed by atoms with Gasteiger partial charge in [0, 0.05) is 6.42 Å². The zero-order valence-corrected chi connectivity index (χ0v) is 11.0. The molecule has 0 radical (unpaired) electrons. The van der Waals surface area contributed by atoms with Gasteiger partial charge in [-0.2, -0.15) is 0 Å². The molecule has 0 aliphatic heterocycles. The molecule has 0 aliphatic rings. The van der Waals surface area contributed by atoms with Crippen LogP contribution < -0.4 is 16.4 Å². The average Bonchev–Trinajstić information content (AvgIpc) is 2.43. The number of rotatable bonds is 7. The maximum Gasteiger partial charge on any atom is 0.322 e. The van der Waals surface area contributed by atoms with E-state index < -0.39 is 24.5 Å². The summed E-state index contributed by atoms with van der Waals surface area (Å²) >= 11 is 0. The Morgan fingerprint density at radius 1 is 1.10 bits per heavy atom. The minimum atomic E-state index is -1.14. The van der Waals surface area contributed by atoms with E-state index in [2.05, 4.69) is 16.4 Å². The molecule has 0 saturated carbocycles. The number of quaternary nitrogens is 1. The molecule has 0 fully saturated rings. The van der Waals surface area contributed by atoms with Gasteiger partial charge in [-0.15, -0.1) is 0 Å². The number of carboxylic acids is 1. The third-order valence-electron chi connectivity index (χ3n) is 2.56. The lowest BCUT2D eigenvalue weighted by atomic mass is 10.1. The summed E-state index contributed by atoms with van der Waals surface area (Å²) in [4.78, 5) is 33.2. The molecule has 20 heavy (non-hydrogen) atoms. The SMILES string of the molecule is [NH3+]C(Cc1ccccc1)C(=O)NCC(=O)NCC(=O)O. The van der Waals surface area contributed by atoms with Gasteiger partial charge in [-0.3, -0.25) is 14.4 Å². The third-order valence-corrected chi connectivity index (χ3v) is 2.56. The van der Waals surface area contributed by atoms with Crippen molar-refractivity contribution in [3.05, 3.63) is 35.9 Å². The molecule has 2 amide bonds. The van der Waals surface area contributed by atoms with E-state index in [9.17, 15) is 14.4 Å². The number of carboxylic acid groups (broad SMARTS) is 1. The highest BCUT2D eigenvalue weighted by Crippen LogP contribution is 2.00. The third kappa shape index (κ3) is 5.96. The molecule has 108 valence electrons. The lowest BCUT2D eigenvalue weighted by Crippen LogP contribution is -2.68. The Hall–Kier alpha value is -2.41. The number of carbonyl (C=O) groups excluding carboxylic acids is 2. The summed E-state index contributed by atoms with van der Waals surface area (Å²) < 4.78 is 0. The van der Waals surface area contributed by atoms with Gasteiger partial charge in [0.25, 0.3) is 5.91 Å². The summed E-state index contributed by atoms with van der Waals surface area (Å²) in [5.41, 5.74) is 4.73. The second-order valence-electron chi connectivity index (χ2n) is 4.27. The smallest absolute Gasteiger partial charge is 0.322 e. The molecule has 1 aromatic rings. The van der Waals surface area contributed by atoms with Crippen molar-refractivity contribution in [1.82, 2.24) is 10.6 Å². The van der Waals surface area contributed by atoms with Crippen molar-refractivity contribution in [2.45, 2.75) is 12.5 Å². The van der Waals surface area contributed by atoms with E-state index in [1.807, 2.05) is 30.3 Å². The molecule has 7 heteroatoms. The van der Waals surface area contributed by atoms with Gasteiger partial charge in [0.1, 0.15) is 6.54 Å². The van der Waals surface area contributed by atoms with Crippen molar-refractivity contribution in [2.24, 2.45) is 0 Å². The minimum absolute atomic E-state index is 0.257. The average molecular weight is 280 g/mol.